The number of aromatic nitrogens is 2. The topological polar surface area (TPSA) is 90.1 Å². The van der Waals surface area contributed by atoms with Crippen molar-refractivity contribution < 1.29 is 9.18 Å². The van der Waals surface area contributed by atoms with Gasteiger partial charge in [-0.25, -0.2) is 9.37 Å². The number of H-pyrrole nitrogens is 1. The number of benzene rings is 2. The predicted octanol–water partition coefficient (Wildman–Crippen LogP) is 4.47. The van der Waals surface area contributed by atoms with E-state index in [4.69, 9.17) is 23.2 Å². The Labute approximate surface area is 218 Å². The Morgan fingerprint density at radius 2 is 2.11 bits per heavy atom. The number of hydrogen-bond donors (Lipinski definition) is 3. The summed E-state index contributed by atoms with van der Waals surface area (Å²) in [5.74, 6) is 0.202. The van der Waals surface area contributed by atoms with Gasteiger partial charge in [-0.15, -0.1) is 0 Å². The fourth-order valence-corrected chi connectivity index (χ4v) is 6.02. The molecule has 0 spiro atoms. The maximum absolute atomic E-state index is 14.8. The van der Waals surface area contributed by atoms with Crippen LogP contribution in [0.2, 0.25) is 10.0 Å². The molecule has 0 radical (unpaired) electrons. The van der Waals surface area contributed by atoms with Gasteiger partial charge in [0.15, 0.2) is 0 Å². The third-order valence-corrected chi connectivity index (χ3v) is 7.69. The van der Waals surface area contributed by atoms with Gasteiger partial charge in [0.2, 0.25) is 5.91 Å². The van der Waals surface area contributed by atoms with Gasteiger partial charge in [-0.05, 0) is 80.6 Å². The number of carbonyl (C=O) groups is 1. The van der Waals surface area contributed by atoms with Crippen LogP contribution in [0.3, 0.4) is 0 Å². The molecule has 0 saturated carbocycles. The zero-order valence-corrected chi connectivity index (χ0v) is 21.5. The minimum atomic E-state index is -0.610. The van der Waals surface area contributed by atoms with Crippen molar-refractivity contribution in [1.29, 1.82) is 0 Å². The van der Waals surface area contributed by atoms with Crippen molar-refractivity contribution in [3.63, 3.8) is 0 Å². The fraction of sp³-hybridized carbons (Fsp3) is 0.423. The van der Waals surface area contributed by atoms with Crippen molar-refractivity contribution in [3.8, 4) is 0 Å². The lowest BCUT2D eigenvalue weighted by atomic mass is 9.93. The highest BCUT2D eigenvalue weighted by molar-refractivity contribution is 6.35. The largest absolute Gasteiger partial charge is 0.374 e. The molecule has 10 heteroatoms. The first-order valence-corrected chi connectivity index (χ1v) is 13.0. The van der Waals surface area contributed by atoms with Gasteiger partial charge in [-0.1, -0.05) is 23.2 Å². The monoisotopic (exact) mass is 531 g/mol. The Kier molecular flexibility index (Phi) is 7.19. The molecule has 1 saturated heterocycles. The van der Waals surface area contributed by atoms with Crippen LogP contribution in [-0.4, -0.2) is 47.0 Å². The number of rotatable bonds is 5. The van der Waals surface area contributed by atoms with E-state index in [1.54, 1.807) is 11.0 Å². The number of anilines is 1. The summed E-state index contributed by atoms with van der Waals surface area (Å²) < 4.78 is 14.8. The zero-order valence-electron chi connectivity index (χ0n) is 20.0. The van der Waals surface area contributed by atoms with Crippen LogP contribution in [0.15, 0.2) is 29.1 Å². The minimum absolute atomic E-state index is 0.100. The average Bonchev–Trinajstić information content (AvgIpc) is 2.83. The van der Waals surface area contributed by atoms with E-state index in [1.807, 2.05) is 13.0 Å². The molecule has 0 bridgehead atoms. The second kappa shape index (κ2) is 10.4. The lowest BCUT2D eigenvalue weighted by molar-refractivity contribution is -0.131. The Balaban J connectivity index is 1.32. The van der Waals surface area contributed by atoms with Crippen molar-refractivity contribution >= 4 is 45.7 Å². The van der Waals surface area contributed by atoms with Crippen LogP contribution in [0.1, 0.15) is 42.8 Å². The lowest BCUT2D eigenvalue weighted by Crippen LogP contribution is -2.42. The van der Waals surface area contributed by atoms with Crippen molar-refractivity contribution in [2.75, 3.05) is 31.5 Å². The lowest BCUT2D eigenvalue weighted by Gasteiger charge is -2.36. The number of carbonyl (C=O) groups excluding carboxylic acids is 1. The maximum Gasteiger partial charge on any atom is 0.258 e. The summed E-state index contributed by atoms with van der Waals surface area (Å²) in [6.45, 7) is 4.23. The van der Waals surface area contributed by atoms with E-state index in [9.17, 15) is 14.0 Å². The first-order chi connectivity index (χ1) is 17.3. The number of nitrogens with zero attached hydrogens (tertiary/aromatic N) is 2. The normalized spacial score (nSPS) is 19.8. The van der Waals surface area contributed by atoms with Gasteiger partial charge >= 0.3 is 0 Å². The van der Waals surface area contributed by atoms with Crippen molar-refractivity contribution in [1.82, 2.24) is 20.2 Å². The van der Waals surface area contributed by atoms with Gasteiger partial charge in [0, 0.05) is 23.0 Å². The molecule has 3 heterocycles. The maximum atomic E-state index is 14.8. The van der Waals surface area contributed by atoms with Gasteiger partial charge < -0.3 is 20.5 Å². The highest BCUT2D eigenvalue weighted by atomic mass is 35.5. The molecule has 1 unspecified atom stereocenters. The molecule has 5 rings (SSSR count). The summed E-state index contributed by atoms with van der Waals surface area (Å²) in [7, 11) is 0. The quantitative estimate of drug-likeness (QED) is 0.451. The standard InChI is InChI=1S/C26H28Cl2FN5O2/c1-14-25-16(8-17(27)9-19(25)28)4-6-34(14)24(35)13-31-22-11-21-18(10-20(22)29)26(36)33-23(32-21)7-15-3-2-5-30-12-15/h8-11,14-15,30-31H,2-7,12-13H2,1H3,(H,32,33,36)/t14?,15-/m0/s1. The molecule has 190 valence electrons. The van der Waals surface area contributed by atoms with E-state index in [0.717, 1.165) is 37.1 Å². The molecule has 1 amide bonds. The van der Waals surface area contributed by atoms with Crippen molar-refractivity contribution in [2.45, 2.75) is 38.6 Å². The highest BCUT2D eigenvalue weighted by Gasteiger charge is 2.29. The molecule has 36 heavy (non-hydrogen) atoms. The Morgan fingerprint density at radius 1 is 1.28 bits per heavy atom. The molecule has 3 N–H and O–H groups in total. The van der Waals surface area contributed by atoms with Crippen LogP contribution in [0.25, 0.3) is 10.9 Å². The van der Waals surface area contributed by atoms with Gasteiger partial charge in [-0.3, -0.25) is 9.59 Å². The summed E-state index contributed by atoms with van der Waals surface area (Å²) in [6.07, 6.45) is 3.46. The van der Waals surface area contributed by atoms with E-state index in [2.05, 4.69) is 20.6 Å². The van der Waals surface area contributed by atoms with Gasteiger partial charge in [-0.2, -0.15) is 0 Å². The third-order valence-electron chi connectivity index (χ3n) is 7.16. The number of fused-ring (bicyclic) bond motifs is 2. The van der Waals surface area contributed by atoms with Gasteiger partial charge in [0.05, 0.1) is 29.2 Å². The predicted molar refractivity (Wildman–Crippen MR) is 140 cm³/mol. The Hall–Kier alpha value is -2.68. The summed E-state index contributed by atoms with van der Waals surface area (Å²) in [5, 5.41) is 7.56. The molecular weight excluding hydrogens is 504 g/mol. The first kappa shape index (κ1) is 25.0. The average molecular weight is 532 g/mol. The first-order valence-electron chi connectivity index (χ1n) is 12.2. The van der Waals surface area contributed by atoms with E-state index in [-0.39, 0.29) is 35.1 Å². The smallest absolute Gasteiger partial charge is 0.258 e. The minimum Gasteiger partial charge on any atom is -0.374 e. The number of nitrogens with one attached hydrogen (secondary N) is 3. The van der Waals surface area contributed by atoms with Crippen LogP contribution in [-0.2, 0) is 17.6 Å². The SMILES string of the molecule is CC1c2c(Cl)cc(Cl)cc2CCN1C(=O)CNc1cc2nc(C[C@@H]3CCCNC3)[nH]c(=O)c2cc1F. The number of halogens is 3. The highest BCUT2D eigenvalue weighted by Crippen LogP contribution is 2.37. The summed E-state index contributed by atoms with van der Waals surface area (Å²) in [4.78, 5) is 34.8. The zero-order chi connectivity index (χ0) is 25.4. The van der Waals surface area contributed by atoms with E-state index in [1.165, 1.54) is 12.1 Å². The van der Waals surface area contributed by atoms with E-state index in [0.29, 0.717) is 46.7 Å². The molecule has 2 atom stereocenters. The number of amides is 1. The molecule has 3 aromatic rings. The van der Waals surface area contributed by atoms with Crippen LogP contribution in [0.5, 0.6) is 0 Å². The second-order valence-electron chi connectivity index (χ2n) is 9.61. The number of aromatic amines is 1. The summed E-state index contributed by atoms with van der Waals surface area (Å²) >= 11 is 12.6. The second-order valence-corrected chi connectivity index (χ2v) is 10.4. The molecule has 1 fully saturated rings. The fourth-order valence-electron chi connectivity index (χ4n) is 5.33. The Morgan fingerprint density at radius 3 is 2.89 bits per heavy atom. The van der Waals surface area contributed by atoms with Crippen LogP contribution in [0.4, 0.5) is 10.1 Å². The molecule has 2 aliphatic heterocycles. The van der Waals surface area contributed by atoms with Crippen molar-refractivity contribution in [2.24, 2.45) is 5.92 Å². The molecular formula is C26H28Cl2FN5O2. The molecule has 1 aromatic heterocycles. The van der Waals surface area contributed by atoms with Crippen LogP contribution < -0.4 is 16.2 Å². The Bertz CT molecular complexity index is 1370. The van der Waals surface area contributed by atoms with Gasteiger partial charge in [0.1, 0.15) is 11.6 Å². The summed E-state index contributed by atoms with van der Waals surface area (Å²) in [5.41, 5.74) is 2.10. The third kappa shape index (κ3) is 5.08. The molecule has 7 nitrogen and oxygen atoms in total. The van der Waals surface area contributed by atoms with Crippen LogP contribution in [0, 0.1) is 11.7 Å². The molecule has 2 aromatic carbocycles. The number of hydrogen-bond acceptors (Lipinski definition) is 5. The van der Waals surface area contributed by atoms with Gasteiger partial charge in [0.25, 0.3) is 5.56 Å². The number of piperidine rings is 1. The van der Waals surface area contributed by atoms with E-state index >= 15 is 0 Å². The van der Waals surface area contributed by atoms with Crippen molar-refractivity contribution in [3.05, 3.63) is 67.4 Å². The summed E-state index contributed by atoms with van der Waals surface area (Å²) in [6, 6.07) is 6.01. The van der Waals surface area contributed by atoms with Crippen LogP contribution >= 0.6 is 23.2 Å². The van der Waals surface area contributed by atoms with E-state index < -0.39 is 5.82 Å². The molecule has 2 aliphatic rings. The molecule has 0 aliphatic carbocycles.